The van der Waals surface area contributed by atoms with Crippen molar-refractivity contribution in [1.29, 1.82) is 0 Å². The van der Waals surface area contributed by atoms with Gasteiger partial charge in [0, 0.05) is 18.7 Å². The van der Waals surface area contributed by atoms with E-state index >= 15 is 0 Å². The number of carbonyl (C=O) groups excluding carboxylic acids is 1. The van der Waals surface area contributed by atoms with E-state index in [1.54, 1.807) is 4.90 Å². The highest BCUT2D eigenvalue weighted by Crippen LogP contribution is 2.52. The lowest BCUT2D eigenvalue weighted by Gasteiger charge is -2.39. The lowest BCUT2D eigenvalue weighted by atomic mass is 9.77. The van der Waals surface area contributed by atoms with Crippen LogP contribution in [0.1, 0.15) is 68.6 Å². The van der Waals surface area contributed by atoms with E-state index in [4.69, 9.17) is 25.8 Å². The second-order valence-corrected chi connectivity index (χ2v) is 10.2. The Balaban J connectivity index is 1.56. The molecular formula is C29H37ClN2O6. The minimum atomic E-state index is -1.23. The Kier molecular flexibility index (Phi) is 9.39. The number of rotatable bonds is 14. The number of carbonyl (C=O) groups is 2. The monoisotopic (exact) mass is 544 g/mol. The summed E-state index contributed by atoms with van der Waals surface area (Å²) in [5.41, 5.74) is 1.47. The number of benzene rings is 2. The van der Waals surface area contributed by atoms with Crippen molar-refractivity contribution in [2.75, 3.05) is 26.4 Å². The molecule has 0 bridgehead atoms. The highest BCUT2D eigenvalue weighted by molar-refractivity contribution is 6.33. The van der Waals surface area contributed by atoms with Crippen molar-refractivity contribution in [2.24, 2.45) is 0 Å². The Morgan fingerprint density at radius 2 is 1.84 bits per heavy atom. The van der Waals surface area contributed by atoms with Crippen LogP contribution in [0.5, 0.6) is 11.5 Å². The molecule has 4 rings (SSSR count). The third-order valence-corrected chi connectivity index (χ3v) is 7.51. The van der Waals surface area contributed by atoms with Gasteiger partial charge < -0.3 is 29.5 Å². The van der Waals surface area contributed by atoms with Gasteiger partial charge in [-0.2, -0.15) is 0 Å². The molecule has 0 aromatic heterocycles. The Morgan fingerprint density at radius 1 is 1.13 bits per heavy atom. The summed E-state index contributed by atoms with van der Waals surface area (Å²) in [4.78, 5) is 26.9. The summed E-state index contributed by atoms with van der Waals surface area (Å²) in [6.45, 7) is 5.88. The van der Waals surface area contributed by atoms with Crippen LogP contribution in [0.2, 0.25) is 5.02 Å². The van der Waals surface area contributed by atoms with Crippen LogP contribution < -0.4 is 14.8 Å². The standard InChI is InChI=1S/C29H37ClN2O6/c1-3-37-23-17-22(25(30)26(38-4-2)24(23)21-11-12-21)18-32(15-16-36-19-20-9-6-5-7-10-20)28(35)31-29(27(33)34)13-8-14-29/h5-7,9-10,17,21H,3-4,8,11-16,18-19H2,1-2H3,(H,31,35)(H,33,34). The third kappa shape index (κ3) is 6.53. The zero-order chi connectivity index (χ0) is 27.1. The van der Waals surface area contributed by atoms with Crippen molar-refractivity contribution in [3.8, 4) is 11.5 Å². The first-order valence-electron chi connectivity index (χ1n) is 13.4. The molecule has 8 nitrogen and oxygen atoms in total. The highest BCUT2D eigenvalue weighted by atomic mass is 35.5. The van der Waals surface area contributed by atoms with E-state index in [1.165, 1.54) is 0 Å². The normalized spacial score (nSPS) is 15.9. The van der Waals surface area contributed by atoms with Gasteiger partial charge in [-0.1, -0.05) is 41.9 Å². The fourth-order valence-electron chi connectivity index (χ4n) is 4.71. The number of ether oxygens (including phenoxy) is 3. The summed E-state index contributed by atoms with van der Waals surface area (Å²) < 4.78 is 17.8. The summed E-state index contributed by atoms with van der Waals surface area (Å²) >= 11 is 6.88. The van der Waals surface area contributed by atoms with E-state index in [2.05, 4.69) is 5.32 Å². The van der Waals surface area contributed by atoms with E-state index in [1.807, 2.05) is 50.2 Å². The molecule has 2 N–H and O–H groups in total. The van der Waals surface area contributed by atoms with Gasteiger partial charge in [0.25, 0.3) is 0 Å². The first-order chi connectivity index (χ1) is 18.4. The van der Waals surface area contributed by atoms with Crippen molar-refractivity contribution < 1.29 is 28.9 Å². The molecule has 2 amide bonds. The lowest BCUT2D eigenvalue weighted by molar-refractivity contribution is -0.148. The molecule has 2 aromatic rings. The maximum atomic E-state index is 13.4. The first-order valence-corrected chi connectivity index (χ1v) is 13.8. The number of nitrogens with zero attached hydrogens (tertiary/aromatic N) is 1. The summed E-state index contributed by atoms with van der Waals surface area (Å²) in [5, 5.41) is 13.0. The maximum Gasteiger partial charge on any atom is 0.329 e. The van der Waals surface area contributed by atoms with Gasteiger partial charge in [-0.25, -0.2) is 9.59 Å². The summed E-state index contributed by atoms with van der Waals surface area (Å²) in [5.74, 6) is 0.671. The Bertz CT molecular complexity index is 1120. The van der Waals surface area contributed by atoms with Crippen LogP contribution in [0.15, 0.2) is 36.4 Å². The number of nitrogens with one attached hydrogen (secondary N) is 1. The van der Waals surface area contributed by atoms with Crippen molar-refractivity contribution in [1.82, 2.24) is 10.2 Å². The van der Waals surface area contributed by atoms with Gasteiger partial charge in [0.15, 0.2) is 0 Å². The molecule has 0 spiro atoms. The van der Waals surface area contributed by atoms with Crippen LogP contribution in [0.3, 0.4) is 0 Å². The molecule has 2 aromatic carbocycles. The van der Waals surface area contributed by atoms with Crippen molar-refractivity contribution in [2.45, 2.75) is 70.6 Å². The predicted octanol–water partition coefficient (Wildman–Crippen LogP) is 5.75. The van der Waals surface area contributed by atoms with Crippen molar-refractivity contribution in [3.63, 3.8) is 0 Å². The van der Waals surface area contributed by atoms with Gasteiger partial charge in [-0.15, -0.1) is 0 Å². The Labute approximate surface area is 229 Å². The molecule has 0 radical (unpaired) electrons. The van der Waals surface area contributed by atoms with E-state index in [9.17, 15) is 14.7 Å². The second kappa shape index (κ2) is 12.7. The fourth-order valence-corrected chi connectivity index (χ4v) is 4.98. The number of carboxylic acids is 1. The minimum absolute atomic E-state index is 0.153. The van der Waals surface area contributed by atoms with Crippen LogP contribution in [0, 0.1) is 0 Å². The van der Waals surface area contributed by atoms with Crippen LogP contribution in [0.4, 0.5) is 4.79 Å². The number of hydrogen-bond acceptors (Lipinski definition) is 5. The minimum Gasteiger partial charge on any atom is -0.493 e. The zero-order valence-electron chi connectivity index (χ0n) is 22.1. The third-order valence-electron chi connectivity index (χ3n) is 7.10. The second-order valence-electron chi connectivity index (χ2n) is 9.86. The van der Waals surface area contributed by atoms with Gasteiger partial charge in [-0.3, -0.25) is 0 Å². The maximum absolute atomic E-state index is 13.4. The number of aliphatic carboxylic acids is 1. The van der Waals surface area contributed by atoms with Gasteiger partial charge in [0.2, 0.25) is 0 Å². The van der Waals surface area contributed by atoms with Crippen molar-refractivity contribution >= 4 is 23.6 Å². The average molecular weight is 545 g/mol. The molecule has 2 aliphatic rings. The molecule has 0 heterocycles. The average Bonchev–Trinajstić information content (AvgIpc) is 3.71. The number of halogens is 1. The van der Waals surface area contributed by atoms with Crippen molar-refractivity contribution in [3.05, 3.63) is 58.1 Å². The van der Waals surface area contributed by atoms with E-state index in [0.29, 0.717) is 54.9 Å². The van der Waals surface area contributed by atoms with E-state index < -0.39 is 17.5 Å². The molecule has 0 atom stereocenters. The summed E-state index contributed by atoms with van der Waals surface area (Å²) in [6, 6.07) is 11.2. The summed E-state index contributed by atoms with van der Waals surface area (Å²) in [6.07, 6.45) is 3.69. The van der Waals surface area contributed by atoms with Gasteiger partial charge in [0.05, 0.1) is 31.5 Å². The topological polar surface area (TPSA) is 97.3 Å². The number of carboxylic acid groups (broad SMARTS) is 1. The molecule has 0 unspecified atom stereocenters. The SMILES string of the molecule is CCOc1cc(CN(CCOCc2ccccc2)C(=O)NC2(C(=O)O)CCC2)c(Cl)c(OCC)c1C1CC1. The zero-order valence-corrected chi connectivity index (χ0v) is 22.9. The molecule has 0 aliphatic heterocycles. The molecule has 38 heavy (non-hydrogen) atoms. The predicted molar refractivity (Wildman–Crippen MR) is 145 cm³/mol. The number of hydrogen-bond donors (Lipinski definition) is 2. The van der Waals surface area contributed by atoms with Gasteiger partial charge in [0.1, 0.15) is 17.0 Å². The van der Waals surface area contributed by atoms with E-state index in [0.717, 1.165) is 36.1 Å². The van der Waals surface area contributed by atoms with Crippen LogP contribution >= 0.6 is 11.6 Å². The molecular weight excluding hydrogens is 508 g/mol. The highest BCUT2D eigenvalue weighted by Gasteiger charge is 2.46. The smallest absolute Gasteiger partial charge is 0.329 e. The molecule has 9 heteroatoms. The molecule has 2 fully saturated rings. The fraction of sp³-hybridized carbons (Fsp3) is 0.517. The van der Waals surface area contributed by atoms with Crippen LogP contribution in [0.25, 0.3) is 0 Å². The molecule has 0 saturated heterocycles. The van der Waals surface area contributed by atoms with Gasteiger partial charge in [-0.05, 0) is 69.1 Å². The number of urea groups is 1. The first kappa shape index (κ1) is 28.0. The molecule has 2 saturated carbocycles. The largest absolute Gasteiger partial charge is 0.493 e. The summed E-state index contributed by atoms with van der Waals surface area (Å²) in [7, 11) is 0. The Hall–Kier alpha value is -2.97. The van der Waals surface area contributed by atoms with Crippen LogP contribution in [-0.4, -0.2) is 53.9 Å². The van der Waals surface area contributed by atoms with Gasteiger partial charge >= 0.3 is 12.0 Å². The van der Waals surface area contributed by atoms with E-state index in [-0.39, 0.29) is 19.7 Å². The number of amides is 2. The van der Waals surface area contributed by atoms with Crippen LogP contribution in [-0.2, 0) is 22.7 Å². The molecule has 2 aliphatic carbocycles. The molecule has 206 valence electrons. The Morgan fingerprint density at radius 3 is 2.42 bits per heavy atom. The lowest BCUT2D eigenvalue weighted by Crippen LogP contribution is -2.61. The quantitative estimate of drug-likeness (QED) is 0.294.